The first-order valence-corrected chi connectivity index (χ1v) is 0.925. The maximum atomic E-state index is 7.57. The van der Waals surface area contributed by atoms with Crippen molar-refractivity contribution in [3.63, 3.8) is 0 Å². The molecule has 0 aliphatic heterocycles. The predicted molar refractivity (Wildman–Crippen MR) is 18.3 cm³/mol. The molecule has 0 fully saturated rings. The van der Waals surface area contributed by atoms with Crippen molar-refractivity contribution >= 4 is 6.21 Å². The molecule has 0 saturated carbocycles. The summed E-state index contributed by atoms with van der Waals surface area (Å²) in [4.78, 5) is 0. The minimum absolute atomic E-state index is 0. The van der Waals surface area contributed by atoms with Gasteiger partial charge in [-0.25, -0.2) is 0 Å². The predicted octanol–water partition coefficient (Wildman–Crippen LogP) is 0.613. The normalized spacial score (nSPS) is 4.00. The Kier molecular flexibility index (Phi) is 16.0. The van der Waals surface area contributed by atoms with E-state index in [9.17, 15) is 0 Å². The van der Waals surface area contributed by atoms with E-state index in [1.54, 1.807) is 0 Å². The third-order valence-electron chi connectivity index (χ3n) is 0.0861. The molecule has 0 N–H and O–H groups in total. The molecule has 2 heteroatoms. The molecular formula is C3H3NY-2. The van der Waals surface area contributed by atoms with Gasteiger partial charge < -0.3 is 11.6 Å². The van der Waals surface area contributed by atoms with Crippen LogP contribution in [0, 0.1) is 6.58 Å². The maximum Gasteiger partial charge on any atom is 0 e. The second kappa shape index (κ2) is 8.82. The Morgan fingerprint density at radius 1 is 1.60 bits per heavy atom. The zero-order valence-electron chi connectivity index (χ0n) is 2.76. The molecule has 0 rings (SSSR count). The van der Waals surface area contributed by atoms with Gasteiger partial charge in [-0.1, -0.05) is 0 Å². The molecule has 0 amide bonds. The number of hydrogen-bond acceptors (Lipinski definition) is 0. The number of nitrogens with zero attached hydrogens (tertiary/aromatic N) is 1. The van der Waals surface area contributed by atoms with Crippen molar-refractivity contribution in [3.05, 3.63) is 18.1 Å². The second-order valence-corrected chi connectivity index (χ2v) is 0.342. The Hall–Kier alpha value is 0.514. The van der Waals surface area contributed by atoms with Crippen LogP contribution in [0.1, 0.15) is 0 Å². The SMILES string of the molecule is [CH-]=CC=[N-].[Y]. The van der Waals surface area contributed by atoms with Gasteiger partial charge in [0.25, 0.3) is 0 Å². The van der Waals surface area contributed by atoms with Gasteiger partial charge in [0, 0.05) is 32.7 Å². The summed E-state index contributed by atoms with van der Waals surface area (Å²) < 4.78 is 0. The van der Waals surface area contributed by atoms with Crippen molar-refractivity contribution in [1.82, 2.24) is 0 Å². The maximum absolute atomic E-state index is 7.57. The van der Waals surface area contributed by atoms with Crippen molar-refractivity contribution in [2.75, 3.05) is 0 Å². The average Bonchev–Trinajstić information content (AvgIpc) is 1.37. The summed E-state index contributed by atoms with van der Waals surface area (Å²) in [6.45, 7) is 4.60. The van der Waals surface area contributed by atoms with Crippen LogP contribution >= 0.6 is 0 Å². The van der Waals surface area contributed by atoms with Gasteiger partial charge in [-0.3, -0.25) is 12.7 Å². The van der Waals surface area contributed by atoms with E-state index in [0.717, 1.165) is 12.3 Å². The Balaban J connectivity index is 0. The van der Waals surface area contributed by atoms with Crippen LogP contribution in [0.4, 0.5) is 0 Å². The first-order chi connectivity index (χ1) is 1.91. The molecule has 1 nitrogen and oxygen atoms in total. The van der Waals surface area contributed by atoms with Crippen molar-refractivity contribution in [1.29, 1.82) is 0 Å². The molecule has 0 aromatic rings. The van der Waals surface area contributed by atoms with Crippen LogP contribution in [0.25, 0.3) is 5.41 Å². The standard InChI is InChI=1S/C3H3N.Y/c1-2-3-4;/h1-3H;/q-2;. The Morgan fingerprint density at radius 2 is 1.80 bits per heavy atom. The average molecular weight is 142 g/mol. The zero-order chi connectivity index (χ0) is 3.41. The number of rotatable bonds is 1. The molecule has 5 heavy (non-hydrogen) atoms. The van der Waals surface area contributed by atoms with Crippen LogP contribution in [-0.4, -0.2) is 6.21 Å². The van der Waals surface area contributed by atoms with E-state index in [4.69, 9.17) is 5.41 Å². The third kappa shape index (κ3) is 12.4. The van der Waals surface area contributed by atoms with Crippen LogP contribution in [0.5, 0.6) is 0 Å². The summed E-state index contributed by atoms with van der Waals surface area (Å²) in [5.41, 5.74) is 0. The number of hydrogen-bond donors (Lipinski definition) is 0. The molecule has 0 aliphatic carbocycles. The van der Waals surface area contributed by atoms with Crippen LogP contribution in [0.15, 0.2) is 6.08 Å². The van der Waals surface area contributed by atoms with Crippen LogP contribution in [0.3, 0.4) is 0 Å². The van der Waals surface area contributed by atoms with Gasteiger partial charge in [-0.15, -0.1) is 0 Å². The molecule has 0 aromatic carbocycles. The van der Waals surface area contributed by atoms with Crippen LogP contribution in [0.2, 0.25) is 0 Å². The quantitative estimate of drug-likeness (QED) is 0.378. The van der Waals surface area contributed by atoms with Crippen molar-refractivity contribution in [2.24, 2.45) is 0 Å². The molecule has 0 aromatic heterocycles. The molecular weight excluding hydrogens is 139 g/mol. The molecule has 25 valence electrons. The van der Waals surface area contributed by atoms with E-state index < -0.39 is 0 Å². The largest absolute Gasteiger partial charge is 0.911 e. The first kappa shape index (κ1) is 9.10. The zero-order valence-corrected chi connectivity index (χ0v) is 5.59. The summed E-state index contributed by atoms with van der Waals surface area (Å²) in [6.07, 6.45) is 1.83. The minimum atomic E-state index is 0. The fourth-order valence-electron chi connectivity index (χ4n) is 0. The van der Waals surface area contributed by atoms with Gasteiger partial charge in [-0.05, 0) is 0 Å². The smallest absolute Gasteiger partial charge is 0 e. The van der Waals surface area contributed by atoms with Gasteiger partial charge in [-0.2, -0.15) is 0 Å². The minimum Gasteiger partial charge on any atom is -0.911 e. The second-order valence-electron chi connectivity index (χ2n) is 0.342. The summed E-state index contributed by atoms with van der Waals surface area (Å²) >= 11 is 0. The molecule has 0 atom stereocenters. The van der Waals surface area contributed by atoms with Gasteiger partial charge in [0.05, 0.1) is 0 Å². The molecule has 1 radical (unpaired) electrons. The molecule has 0 unspecified atom stereocenters. The van der Waals surface area contributed by atoms with Crippen molar-refractivity contribution in [3.8, 4) is 0 Å². The third-order valence-corrected chi connectivity index (χ3v) is 0.0861. The van der Waals surface area contributed by atoms with E-state index in [2.05, 4.69) is 6.58 Å². The topological polar surface area (TPSA) is 22.3 Å². The van der Waals surface area contributed by atoms with E-state index >= 15 is 0 Å². The van der Waals surface area contributed by atoms with E-state index in [1.165, 1.54) is 0 Å². The van der Waals surface area contributed by atoms with Crippen molar-refractivity contribution in [2.45, 2.75) is 0 Å². The molecule has 0 aliphatic rings. The summed E-state index contributed by atoms with van der Waals surface area (Å²) in [6, 6.07) is 0. The molecule has 0 saturated heterocycles. The van der Waals surface area contributed by atoms with Crippen LogP contribution in [-0.2, 0) is 32.7 Å². The fourth-order valence-corrected chi connectivity index (χ4v) is 0. The molecule has 0 bridgehead atoms. The number of allylic oxidation sites excluding steroid dienone is 1. The van der Waals surface area contributed by atoms with Gasteiger partial charge in [0.2, 0.25) is 0 Å². The van der Waals surface area contributed by atoms with Crippen molar-refractivity contribution < 1.29 is 32.7 Å². The first-order valence-electron chi connectivity index (χ1n) is 0.925. The Morgan fingerprint density at radius 3 is 1.80 bits per heavy atom. The van der Waals surface area contributed by atoms with E-state index in [-0.39, 0.29) is 32.7 Å². The Bertz CT molecular complexity index is 27.9. The molecule has 0 heterocycles. The van der Waals surface area contributed by atoms with Gasteiger partial charge >= 0.3 is 0 Å². The monoisotopic (exact) mass is 142 g/mol. The fraction of sp³-hybridized carbons (Fsp3) is 0. The molecule has 0 spiro atoms. The summed E-state index contributed by atoms with van der Waals surface area (Å²) in [5.74, 6) is 0. The van der Waals surface area contributed by atoms with Gasteiger partial charge in [0.1, 0.15) is 0 Å². The Labute approximate surface area is 56.8 Å². The van der Waals surface area contributed by atoms with Gasteiger partial charge in [0.15, 0.2) is 0 Å². The summed E-state index contributed by atoms with van der Waals surface area (Å²) in [5, 5.41) is 7.57. The van der Waals surface area contributed by atoms with Crippen LogP contribution < -0.4 is 0 Å². The van der Waals surface area contributed by atoms with E-state index in [1.807, 2.05) is 0 Å². The summed E-state index contributed by atoms with van der Waals surface area (Å²) in [7, 11) is 0. The van der Waals surface area contributed by atoms with E-state index in [0.29, 0.717) is 0 Å².